The number of hydrogen-bond donors (Lipinski definition) is 2. The van der Waals surface area contributed by atoms with Gasteiger partial charge in [0.15, 0.2) is 0 Å². The van der Waals surface area contributed by atoms with Crippen LogP contribution in [0.3, 0.4) is 0 Å². The van der Waals surface area contributed by atoms with Crippen molar-refractivity contribution in [2.24, 2.45) is 11.3 Å². The molecule has 1 saturated carbocycles. The van der Waals surface area contributed by atoms with E-state index in [9.17, 15) is 4.79 Å². The lowest BCUT2D eigenvalue weighted by atomic mass is 9.92. The van der Waals surface area contributed by atoms with E-state index in [0.29, 0.717) is 11.0 Å². The Kier molecular flexibility index (Phi) is 3.49. The molecule has 2 N–H and O–H groups in total. The van der Waals surface area contributed by atoms with Crippen molar-refractivity contribution in [3.8, 4) is 0 Å². The molecule has 0 unspecified atom stereocenters. The summed E-state index contributed by atoms with van der Waals surface area (Å²) in [7, 11) is 0. The van der Waals surface area contributed by atoms with Crippen LogP contribution in [-0.4, -0.2) is 17.6 Å². The second-order valence-electron chi connectivity index (χ2n) is 6.41. The van der Waals surface area contributed by atoms with E-state index in [0.717, 1.165) is 30.0 Å². The molecular weight excluding hydrogens is 266 g/mol. The second kappa shape index (κ2) is 5.19. The van der Waals surface area contributed by atoms with Crippen LogP contribution in [0.5, 0.6) is 0 Å². The number of furan rings is 1. The van der Waals surface area contributed by atoms with Gasteiger partial charge in [-0.1, -0.05) is 19.9 Å². The maximum atomic E-state index is 10.9. The van der Waals surface area contributed by atoms with Crippen LogP contribution in [0.1, 0.15) is 42.8 Å². The number of hydrogen-bond acceptors (Lipinski definition) is 3. The highest BCUT2D eigenvalue weighted by molar-refractivity contribution is 5.91. The summed E-state index contributed by atoms with van der Waals surface area (Å²) >= 11 is 0. The Bertz CT molecular complexity index is 668. The number of benzene rings is 1. The van der Waals surface area contributed by atoms with Gasteiger partial charge < -0.3 is 14.8 Å². The van der Waals surface area contributed by atoms with E-state index < -0.39 is 5.97 Å². The molecule has 0 saturated heterocycles. The number of aromatic carboxylic acids is 1. The fourth-order valence-electron chi connectivity index (χ4n) is 2.88. The van der Waals surface area contributed by atoms with Gasteiger partial charge in [0.25, 0.3) is 0 Å². The zero-order valence-corrected chi connectivity index (χ0v) is 12.5. The van der Waals surface area contributed by atoms with Gasteiger partial charge in [-0.25, -0.2) is 4.79 Å². The number of fused-ring (bicyclic) bond motifs is 1. The maximum Gasteiger partial charge on any atom is 0.371 e. The minimum absolute atomic E-state index is 0.00755. The first-order valence-corrected chi connectivity index (χ1v) is 7.47. The summed E-state index contributed by atoms with van der Waals surface area (Å²) in [4.78, 5) is 10.9. The van der Waals surface area contributed by atoms with Crippen LogP contribution in [-0.2, 0) is 6.54 Å². The molecule has 4 heteroatoms. The Balaban J connectivity index is 1.66. The van der Waals surface area contributed by atoms with E-state index in [1.165, 1.54) is 12.8 Å². The van der Waals surface area contributed by atoms with Crippen LogP contribution >= 0.6 is 0 Å². The predicted molar refractivity (Wildman–Crippen MR) is 81.4 cm³/mol. The Morgan fingerprint density at radius 2 is 2.14 bits per heavy atom. The lowest BCUT2D eigenvalue weighted by Gasteiger charge is -2.20. The van der Waals surface area contributed by atoms with Crippen LogP contribution in [0.2, 0.25) is 0 Å². The average molecular weight is 287 g/mol. The third-order valence-corrected chi connectivity index (χ3v) is 4.71. The molecule has 1 aliphatic carbocycles. The first-order valence-electron chi connectivity index (χ1n) is 7.47. The van der Waals surface area contributed by atoms with E-state index in [1.54, 1.807) is 6.07 Å². The van der Waals surface area contributed by atoms with Gasteiger partial charge in [0.1, 0.15) is 5.58 Å². The minimum atomic E-state index is -1.03. The largest absolute Gasteiger partial charge is 0.475 e. The topological polar surface area (TPSA) is 62.5 Å². The van der Waals surface area contributed by atoms with Crippen LogP contribution in [0, 0.1) is 11.3 Å². The molecule has 0 atom stereocenters. The summed E-state index contributed by atoms with van der Waals surface area (Å²) in [6, 6.07) is 7.40. The van der Waals surface area contributed by atoms with E-state index in [2.05, 4.69) is 19.2 Å². The summed E-state index contributed by atoms with van der Waals surface area (Å²) in [5.74, 6) is -0.315. The van der Waals surface area contributed by atoms with Gasteiger partial charge >= 0.3 is 5.97 Å². The molecule has 0 aliphatic heterocycles. The lowest BCUT2D eigenvalue weighted by Crippen LogP contribution is -2.27. The van der Waals surface area contributed by atoms with Gasteiger partial charge in [-0.2, -0.15) is 0 Å². The molecule has 21 heavy (non-hydrogen) atoms. The number of nitrogens with one attached hydrogen (secondary N) is 1. The Labute approximate surface area is 124 Å². The van der Waals surface area contributed by atoms with Crippen LogP contribution in [0.15, 0.2) is 28.7 Å². The summed E-state index contributed by atoms with van der Waals surface area (Å²) in [6.07, 6.45) is 2.64. The van der Waals surface area contributed by atoms with Gasteiger partial charge in [0.2, 0.25) is 5.76 Å². The molecule has 2 aromatic rings. The highest BCUT2D eigenvalue weighted by Gasteiger charge is 2.44. The van der Waals surface area contributed by atoms with E-state index in [4.69, 9.17) is 9.52 Å². The number of carboxylic acids is 1. The predicted octanol–water partition coefficient (Wildman–Crippen LogP) is 3.66. The molecule has 1 aromatic heterocycles. The summed E-state index contributed by atoms with van der Waals surface area (Å²) < 4.78 is 5.26. The monoisotopic (exact) mass is 287 g/mol. The van der Waals surface area contributed by atoms with Crippen molar-refractivity contribution in [2.75, 3.05) is 6.54 Å². The van der Waals surface area contributed by atoms with Crippen molar-refractivity contribution in [2.45, 2.75) is 33.2 Å². The van der Waals surface area contributed by atoms with Gasteiger partial charge in [-0.3, -0.25) is 0 Å². The van der Waals surface area contributed by atoms with Gasteiger partial charge in [-0.05, 0) is 47.9 Å². The Morgan fingerprint density at radius 3 is 2.76 bits per heavy atom. The molecular formula is C17H21NO3. The third kappa shape index (κ3) is 2.81. The Hall–Kier alpha value is -1.81. The number of carboxylic acid groups (broad SMARTS) is 1. The summed E-state index contributed by atoms with van der Waals surface area (Å²) in [5.41, 5.74) is 2.27. The normalized spacial score (nSPS) is 16.5. The van der Waals surface area contributed by atoms with Crippen molar-refractivity contribution >= 4 is 16.9 Å². The van der Waals surface area contributed by atoms with Crippen molar-refractivity contribution in [3.63, 3.8) is 0 Å². The Morgan fingerprint density at radius 1 is 1.38 bits per heavy atom. The lowest BCUT2D eigenvalue weighted by molar-refractivity contribution is 0.0665. The summed E-state index contributed by atoms with van der Waals surface area (Å²) in [6.45, 7) is 6.44. The van der Waals surface area contributed by atoms with E-state index in [1.807, 2.05) is 18.2 Å². The highest BCUT2D eigenvalue weighted by Crippen LogP contribution is 2.51. The second-order valence-corrected chi connectivity index (χ2v) is 6.41. The highest BCUT2D eigenvalue weighted by atomic mass is 16.4. The van der Waals surface area contributed by atoms with Crippen molar-refractivity contribution in [1.82, 2.24) is 5.32 Å². The van der Waals surface area contributed by atoms with Gasteiger partial charge in [-0.15, -0.1) is 0 Å². The molecule has 1 heterocycles. The molecule has 1 fully saturated rings. The van der Waals surface area contributed by atoms with Gasteiger partial charge in [0.05, 0.1) is 0 Å². The maximum absolute atomic E-state index is 10.9. The summed E-state index contributed by atoms with van der Waals surface area (Å²) in [5, 5.41) is 13.3. The van der Waals surface area contributed by atoms with Crippen molar-refractivity contribution in [3.05, 3.63) is 35.6 Å². The first-order chi connectivity index (χ1) is 10.00. The van der Waals surface area contributed by atoms with Crippen molar-refractivity contribution < 1.29 is 14.3 Å². The molecule has 3 rings (SSSR count). The van der Waals surface area contributed by atoms with E-state index in [-0.39, 0.29) is 5.76 Å². The van der Waals surface area contributed by atoms with Crippen LogP contribution in [0.25, 0.3) is 11.0 Å². The van der Waals surface area contributed by atoms with Crippen LogP contribution < -0.4 is 5.32 Å². The molecule has 4 nitrogen and oxygen atoms in total. The third-order valence-electron chi connectivity index (χ3n) is 4.71. The zero-order chi connectivity index (χ0) is 15.0. The smallest absolute Gasteiger partial charge is 0.371 e. The first kappa shape index (κ1) is 14.1. The van der Waals surface area contributed by atoms with Crippen LogP contribution in [0.4, 0.5) is 0 Å². The fourth-order valence-corrected chi connectivity index (χ4v) is 2.88. The van der Waals surface area contributed by atoms with Gasteiger partial charge in [0, 0.05) is 18.5 Å². The quantitative estimate of drug-likeness (QED) is 0.851. The number of carbonyl (C=O) groups is 1. The molecule has 0 spiro atoms. The minimum Gasteiger partial charge on any atom is -0.475 e. The molecule has 1 aliphatic rings. The standard InChI is InChI=1S/C17H21NO3/c1-11(2)17(5-6-17)10-18-9-12-3-4-14-13(7-12)8-15(21-14)16(19)20/h3-4,7-8,11,18H,5-6,9-10H2,1-2H3,(H,19,20). The molecule has 0 radical (unpaired) electrons. The molecule has 1 aromatic carbocycles. The SMILES string of the molecule is CC(C)C1(CNCc2ccc3oc(C(=O)O)cc3c2)CC1. The van der Waals surface area contributed by atoms with E-state index >= 15 is 0 Å². The fraction of sp³-hybridized carbons (Fsp3) is 0.471. The zero-order valence-electron chi connectivity index (χ0n) is 12.5. The average Bonchev–Trinajstić information content (AvgIpc) is 3.10. The molecule has 0 amide bonds. The number of rotatable bonds is 6. The molecule has 112 valence electrons. The van der Waals surface area contributed by atoms with Crippen molar-refractivity contribution in [1.29, 1.82) is 0 Å². The molecule has 0 bridgehead atoms.